The summed E-state index contributed by atoms with van der Waals surface area (Å²) in [5, 5.41) is 0. The zero-order valence-electron chi connectivity index (χ0n) is 19.6. The highest BCUT2D eigenvalue weighted by Crippen LogP contribution is 2.15. The third-order valence-corrected chi connectivity index (χ3v) is 5.59. The Bertz CT molecular complexity index is 1120. The summed E-state index contributed by atoms with van der Waals surface area (Å²) < 4.78 is 0. The summed E-state index contributed by atoms with van der Waals surface area (Å²) in [4.78, 5) is 12.5. The third kappa shape index (κ3) is 6.78. The van der Waals surface area contributed by atoms with Gasteiger partial charge in [-0.2, -0.15) is 0 Å². The van der Waals surface area contributed by atoms with Gasteiger partial charge in [-0.1, -0.05) is 121 Å². The molecule has 4 aromatic carbocycles. The van der Waals surface area contributed by atoms with Crippen molar-refractivity contribution >= 4 is 5.78 Å². The van der Waals surface area contributed by atoms with Crippen LogP contribution in [0.15, 0.2) is 97.1 Å². The van der Waals surface area contributed by atoms with Crippen molar-refractivity contribution in [3.8, 4) is 0 Å². The second kappa shape index (κ2) is 11.2. The van der Waals surface area contributed by atoms with Crippen LogP contribution in [-0.2, 0) is 12.8 Å². The minimum absolute atomic E-state index is 0.0758. The van der Waals surface area contributed by atoms with Crippen molar-refractivity contribution in [1.29, 1.82) is 0 Å². The Morgan fingerprint density at radius 3 is 1.22 bits per heavy atom. The zero-order chi connectivity index (χ0) is 22.9. The van der Waals surface area contributed by atoms with Crippen LogP contribution in [0.4, 0.5) is 0 Å². The predicted molar refractivity (Wildman–Crippen MR) is 136 cm³/mol. The molecule has 162 valence electrons. The van der Waals surface area contributed by atoms with E-state index >= 15 is 0 Å². The van der Waals surface area contributed by atoms with Crippen LogP contribution >= 0.6 is 0 Å². The molecule has 1 nitrogen and oxygen atoms in total. The Kier molecular flexibility index (Phi) is 8.16. The molecule has 32 heavy (non-hydrogen) atoms. The van der Waals surface area contributed by atoms with Gasteiger partial charge < -0.3 is 0 Å². The van der Waals surface area contributed by atoms with Crippen LogP contribution in [0, 0.1) is 20.8 Å². The van der Waals surface area contributed by atoms with Crippen LogP contribution in [0.3, 0.4) is 0 Å². The number of carbonyl (C=O) groups is 1. The Hall–Kier alpha value is -3.45. The van der Waals surface area contributed by atoms with Gasteiger partial charge in [-0.3, -0.25) is 4.79 Å². The van der Waals surface area contributed by atoms with Crippen LogP contribution in [-0.4, -0.2) is 5.78 Å². The highest BCUT2D eigenvalue weighted by molar-refractivity contribution is 6.09. The highest BCUT2D eigenvalue weighted by atomic mass is 16.1. The maximum absolute atomic E-state index is 12.5. The number of benzene rings is 4. The van der Waals surface area contributed by atoms with Gasteiger partial charge in [0.1, 0.15) is 0 Å². The van der Waals surface area contributed by atoms with Gasteiger partial charge in [0.15, 0.2) is 5.78 Å². The second-order valence-electron chi connectivity index (χ2n) is 8.39. The highest BCUT2D eigenvalue weighted by Gasteiger charge is 2.08. The normalized spacial score (nSPS) is 10.2. The fourth-order valence-electron chi connectivity index (χ4n) is 3.41. The number of aryl methyl sites for hydroxylation is 4. The minimum atomic E-state index is 0.0758. The Balaban J connectivity index is 0.000000269. The second-order valence-corrected chi connectivity index (χ2v) is 8.39. The summed E-state index contributed by atoms with van der Waals surface area (Å²) in [7, 11) is 0. The number of hydrogen-bond donors (Lipinski definition) is 0. The zero-order valence-corrected chi connectivity index (χ0v) is 19.6. The van der Waals surface area contributed by atoms with Gasteiger partial charge in [-0.05, 0) is 50.3 Å². The average molecular weight is 421 g/mol. The fraction of sp³-hybridized carbons (Fsp3) is 0.194. The van der Waals surface area contributed by atoms with E-state index in [2.05, 4.69) is 69.3 Å². The largest absolute Gasteiger partial charge is 0.289 e. The lowest BCUT2D eigenvalue weighted by atomic mass is 9.99. The maximum atomic E-state index is 12.5. The molecule has 0 saturated heterocycles. The van der Waals surface area contributed by atoms with Crippen LogP contribution in [0.5, 0.6) is 0 Å². The molecule has 1 heteroatoms. The molecule has 0 saturated carbocycles. The number of carbonyl (C=O) groups excluding carboxylic acids is 1. The molecule has 0 heterocycles. The fourth-order valence-corrected chi connectivity index (χ4v) is 3.41. The van der Waals surface area contributed by atoms with E-state index in [1.54, 1.807) is 0 Å². The minimum Gasteiger partial charge on any atom is -0.289 e. The molecule has 0 aromatic heterocycles. The standard InChI is InChI=1S/C22H20O.C9H12/c1-16-3-7-18(8-4-16)15-19-9-13-21(14-10-19)22(23)20-11-5-17(2)6-12-20;1-3-9-6-4-8(2)5-7-9/h3-14H,15H2,1-2H3;4-7H,3H2,1-2H3. The van der Waals surface area contributed by atoms with Crippen LogP contribution in [0.1, 0.15) is 56.2 Å². The lowest BCUT2D eigenvalue weighted by molar-refractivity contribution is 0.103. The third-order valence-electron chi connectivity index (χ3n) is 5.59. The molecule has 0 radical (unpaired) electrons. The lowest BCUT2D eigenvalue weighted by Crippen LogP contribution is -2.01. The molecule has 4 rings (SSSR count). The maximum Gasteiger partial charge on any atom is 0.193 e. The van der Waals surface area contributed by atoms with Crippen molar-refractivity contribution < 1.29 is 4.79 Å². The summed E-state index contributed by atoms with van der Waals surface area (Å²) in [5.41, 5.74) is 9.17. The van der Waals surface area contributed by atoms with Gasteiger partial charge in [0.05, 0.1) is 0 Å². The molecule has 0 N–H and O–H groups in total. The molecule has 0 bridgehead atoms. The van der Waals surface area contributed by atoms with E-state index in [1.807, 2.05) is 55.5 Å². The van der Waals surface area contributed by atoms with Crippen molar-refractivity contribution in [2.45, 2.75) is 40.5 Å². The quantitative estimate of drug-likeness (QED) is 0.303. The van der Waals surface area contributed by atoms with Crippen molar-refractivity contribution in [3.63, 3.8) is 0 Å². The topological polar surface area (TPSA) is 17.1 Å². The smallest absolute Gasteiger partial charge is 0.193 e. The molecule has 4 aromatic rings. The summed E-state index contributed by atoms with van der Waals surface area (Å²) >= 11 is 0. The molecule has 0 aliphatic rings. The van der Waals surface area contributed by atoms with Gasteiger partial charge in [-0.15, -0.1) is 0 Å². The van der Waals surface area contributed by atoms with E-state index in [9.17, 15) is 4.79 Å². The summed E-state index contributed by atoms with van der Waals surface area (Å²) in [6.07, 6.45) is 2.03. The number of hydrogen-bond acceptors (Lipinski definition) is 1. The number of ketones is 1. The van der Waals surface area contributed by atoms with E-state index in [4.69, 9.17) is 0 Å². The molecule has 0 amide bonds. The molecule has 0 unspecified atom stereocenters. The first-order chi connectivity index (χ1) is 15.4. The van der Waals surface area contributed by atoms with Gasteiger partial charge in [0.2, 0.25) is 0 Å². The molecule has 0 aliphatic heterocycles. The van der Waals surface area contributed by atoms with Gasteiger partial charge >= 0.3 is 0 Å². The molecule has 0 spiro atoms. The first kappa shape index (κ1) is 23.2. The van der Waals surface area contributed by atoms with Crippen LogP contribution in [0.2, 0.25) is 0 Å². The molecule has 0 aliphatic carbocycles. The average Bonchev–Trinajstić information content (AvgIpc) is 2.82. The van der Waals surface area contributed by atoms with Gasteiger partial charge in [0, 0.05) is 11.1 Å². The Morgan fingerprint density at radius 2 is 0.812 bits per heavy atom. The van der Waals surface area contributed by atoms with E-state index < -0.39 is 0 Å². The van der Waals surface area contributed by atoms with Crippen molar-refractivity contribution in [1.82, 2.24) is 0 Å². The van der Waals surface area contributed by atoms with Gasteiger partial charge in [-0.25, -0.2) is 0 Å². The van der Waals surface area contributed by atoms with Crippen LogP contribution < -0.4 is 0 Å². The van der Waals surface area contributed by atoms with E-state index in [0.29, 0.717) is 0 Å². The Morgan fingerprint density at radius 1 is 0.500 bits per heavy atom. The molecular formula is C31H32O. The molecule has 0 fully saturated rings. The van der Waals surface area contributed by atoms with Gasteiger partial charge in [0.25, 0.3) is 0 Å². The van der Waals surface area contributed by atoms with E-state index in [0.717, 1.165) is 29.5 Å². The van der Waals surface area contributed by atoms with Crippen LogP contribution in [0.25, 0.3) is 0 Å². The summed E-state index contributed by atoms with van der Waals surface area (Å²) in [6.45, 7) is 8.40. The Labute approximate surface area is 192 Å². The molecular weight excluding hydrogens is 388 g/mol. The van der Waals surface area contributed by atoms with E-state index in [-0.39, 0.29) is 5.78 Å². The SMILES string of the molecule is CCc1ccc(C)cc1.Cc1ccc(Cc2ccc(C(=O)c3ccc(C)cc3)cc2)cc1. The summed E-state index contributed by atoms with van der Waals surface area (Å²) in [6, 6.07) is 32.9. The van der Waals surface area contributed by atoms with Crippen molar-refractivity contribution in [3.05, 3.63) is 142 Å². The first-order valence-electron chi connectivity index (χ1n) is 11.3. The van der Waals surface area contributed by atoms with Crippen molar-refractivity contribution in [2.24, 2.45) is 0 Å². The summed E-state index contributed by atoms with van der Waals surface area (Å²) in [5.74, 6) is 0.0758. The monoisotopic (exact) mass is 420 g/mol. The first-order valence-corrected chi connectivity index (χ1v) is 11.3. The molecule has 0 atom stereocenters. The number of rotatable bonds is 5. The van der Waals surface area contributed by atoms with Crippen molar-refractivity contribution in [2.75, 3.05) is 0 Å². The van der Waals surface area contributed by atoms with E-state index in [1.165, 1.54) is 27.8 Å². The predicted octanol–water partition coefficient (Wildman–Crippen LogP) is 7.68. The lowest BCUT2D eigenvalue weighted by Gasteiger charge is -2.05.